The van der Waals surface area contributed by atoms with Crippen molar-refractivity contribution in [2.24, 2.45) is 0 Å². The maximum Gasteiger partial charge on any atom is 0.332 e. The van der Waals surface area contributed by atoms with E-state index in [1.807, 2.05) is 38.1 Å². The second-order valence-electron chi connectivity index (χ2n) is 5.20. The zero-order chi connectivity index (χ0) is 15.5. The number of nitrogens with zero attached hydrogens (tertiary/aromatic N) is 1. The van der Waals surface area contributed by atoms with Crippen molar-refractivity contribution in [2.45, 2.75) is 25.8 Å². The van der Waals surface area contributed by atoms with E-state index in [4.69, 9.17) is 4.74 Å². The summed E-state index contributed by atoms with van der Waals surface area (Å²) in [5.41, 5.74) is 0.510. The van der Waals surface area contributed by atoms with Gasteiger partial charge >= 0.3 is 12.0 Å². The second kappa shape index (κ2) is 6.13. The van der Waals surface area contributed by atoms with Crippen LogP contribution in [0, 0.1) is 6.92 Å². The highest BCUT2D eigenvalue weighted by Gasteiger charge is 2.44. The third kappa shape index (κ3) is 3.16. The normalized spacial score (nSPS) is 21.0. The minimum Gasteiger partial charge on any atom is -0.479 e. The van der Waals surface area contributed by atoms with Gasteiger partial charge in [0.25, 0.3) is 0 Å². The minimum absolute atomic E-state index is 0.000471. The van der Waals surface area contributed by atoms with E-state index < -0.39 is 17.5 Å². The number of hydrogen-bond donors (Lipinski definition) is 2. The lowest BCUT2D eigenvalue weighted by molar-refractivity contribution is -0.144. The maximum absolute atomic E-state index is 12.4. The predicted octanol–water partition coefficient (Wildman–Crippen LogP) is 1.77. The number of aliphatic carboxylic acids is 1. The van der Waals surface area contributed by atoms with Gasteiger partial charge in [-0.2, -0.15) is 0 Å². The van der Waals surface area contributed by atoms with Gasteiger partial charge in [-0.1, -0.05) is 17.7 Å². The first-order chi connectivity index (χ1) is 9.98. The first-order valence-electron chi connectivity index (χ1n) is 6.96. The van der Waals surface area contributed by atoms with Crippen molar-refractivity contribution in [1.82, 2.24) is 5.32 Å². The molecular weight excluding hydrogens is 272 g/mol. The second-order valence-corrected chi connectivity index (χ2v) is 5.20. The molecule has 1 fully saturated rings. The van der Waals surface area contributed by atoms with E-state index in [-0.39, 0.29) is 13.0 Å². The first-order valence-corrected chi connectivity index (χ1v) is 6.96. The number of aryl methyl sites for hydroxylation is 1. The molecule has 6 nitrogen and oxygen atoms in total. The summed E-state index contributed by atoms with van der Waals surface area (Å²) in [5, 5.41) is 12.0. The highest BCUT2D eigenvalue weighted by molar-refractivity contribution is 5.96. The van der Waals surface area contributed by atoms with Crippen LogP contribution in [0.3, 0.4) is 0 Å². The summed E-state index contributed by atoms with van der Waals surface area (Å²) < 4.78 is 5.14. The Morgan fingerprint density at radius 1 is 1.38 bits per heavy atom. The predicted molar refractivity (Wildman–Crippen MR) is 78.5 cm³/mol. The van der Waals surface area contributed by atoms with Crippen LogP contribution in [0.2, 0.25) is 0 Å². The molecule has 2 amide bonds. The van der Waals surface area contributed by atoms with E-state index in [9.17, 15) is 14.7 Å². The Balaban J connectivity index is 2.16. The van der Waals surface area contributed by atoms with Crippen LogP contribution in [0.1, 0.15) is 18.9 Å². The molecule has 1 aliphatic rings. The van der Waals surface area contributed by atoms with Crippen LogP contribution in [0.4, 0.5) is 10.5 Å². The summed E-state index contributed by atoms with van der Waals surface area (Å²) in [5.74, 6) is -1.06. The zero-order valence-corrected chi connectivity index (χ0v) is 12.3. The number of carboxylic acids is 1. The Labute approximate surface area is 123 Å². The molecule has 21 heavy (non-hydrogen) atoms. The number of anilines is 1. The fraction of sp³-hybridized carbons (Fsp3) is 0.467. The molecule has 0 aromatic heterocycles. The van der Waals surface area contributed by atoms with Gasteiger partial charge in [-0.3, -0.25) is 4.90 Å². The molecule has 1 saturated heterocycles. The van der Waals surface area contributed by atoms with Crippen molar-refractivity contribution in [2.75, 3.05) is 24.7 Å². The molecule has 2 rings (SSSR count). The van der Waals surface area contributed by atoms with Crippen LogP contribution < -0.4 is 10.2 Å². The van der Waals surface area contributed by atoms with Gasteiger partial charge in [0.15, 0.2) is 5.54 Å². The Kier molecular flexibility index (Phi) is 4.47. The van der Waals surface area contributed by atoms with Gasteiger partial charge in [-0.25, -0.2) is 9.59 Å². The van der Waals surface area contributed by atoms with Crippen molar-refractivity contribution in [1.29, 1.82) is 0 Å². The molecule has 6 heteroatoms. The number of carbonyl (C=O) groups is 2. The number of carboxylic acid groups (broad SMARTS) is 1. The van der Waals surface area contributed by atoms with Crippen LogP contribution in [-0.2, 0) is 9.53 Å². The van der Waals surface area contributed by atoms with E-state index in [0.29, 0.717) is 13.2 Å². The van der Waals surface area contributed by atoms with E-state index in [0.717, 1.165) is 11.3 Å². The van der Waals surface area contributed by atoms with Gasteiger partial charge < -0.3 is 15.2 Å². The molecule has 1 aromatic carbocycles. The quantitative estimate of drug-likeness (QED) is 0.886. The molecular formula is C15H20N2O4. The van der Waals surface area contributed by atoms with Crippen molar-refractivity contribution in [3.05, 3.63) is 29.8 Å². The van der Waals surface area contributed by atoms with Crippen LogP contribution in [0.25, 0.3) is 0 Å². The van der Waals surface area contributed by atoms with Crippen LogP contribution in [0.5, 0.6) is 0 Å². The lowest BCUT2D eigenvalue weighted by atomic mass is 9.99. The molecule has 1 atom stereocenters. The van der Waals surface area contributed by atoms with E-state index in [1.165, 1.54) is 4.90 Å². The monoisotopic (exact) mass is 292 g/mol. The lowest BCUT2D eigenvalue weighted by Crippen LogP contribution is -2.58. The number of nitrogens with one attached hydrogen (secondary N) is 1. The lowest BCUT2D eigenvalue weighted by Gasteiger charge is -2.29. The van der Waals surface area contributed by atoms with Gasteiger partial charge in [0.1, 0.15) is 0 Å². The third-order valence-corrected chi connectivity index (χ3v) is 3.68. The molecule has 1 aliphatic heterocycles. The summed E-state index contributed by atoms with van der Waals surface area (Å²) >= 11 is 0. The molecule has 114 valence electrons. The van der Waals surface area contributed by atoms with Gasteiger partial charge in [-0.15, -0.1) is 0 Å². The molecule has 1 heterocycles. The number of urea groups is 1. The molecule has 1 aromatic rings. The molecule has 0 spiro atoms. The number of benzene rings is 1. The van der Waals surface area contributed by atoms with Gasteiger partial charge in [-0.05, 0) is 26.0 Å². The summed E-state index contributed by atoms with van der Waals surface area (Å²) in [6, 6.07) is 7.09. The number of ether oxygens (including phenoxy) is 1. The van der Waals surface area contributed by atoms with E-state index in [1.54, 1.807) is 0 Å². The number of amides is 2. The smallest absolute Gasteiger partial charge is 0.332 e. The standard InChI is InChI=1S/C15H20N2O4/c1-3-17(12-6-4-11(2)5-7-12)14(20)16-15(13(18)19)8-9-21-10-15/h4-7H,3,8-10H2,1-2H3,(H,16,20)(H,18,19). The number of rotatable bonds is 4. The molecule has 2 N–H and O–H groups in total. The van der Waals surface area contributed by atoms with Crippen LogP contribution >= 0.6 is 0 Å². The van der Waals surface area contributed by atoms with Crippen LogP contribution in [0.15, 0.2) is 24.3 Å². The largest absolute Gasteiger partial charge is 0.479 e. The van der Waals surface area contributed by atoms with Gasteiger partial charge in [0.05, 0.1) is 6.61 Å². The topological polar surface area (TPSA) is 78.9 Å². The average molecular weight is 292 g/mol. The summed E-state index contributed by atoms with van der Waals surface area (Å²) in [6.07, 6.45) is 0.277. The summed E-state index contributed by atoms with van der Waals surface area (Å²) in [7, 11) is 0. The van der Waals surface area contributed by atoms with Crippen molar-refractivity contribution >= 4 is 17.7 Å². The molecule has 0 radical (unpaired) electrons. The van der Waals surface area contributed by atoms with Gasteiger partial charge in [0, 0.05) is 25.3 Å². The number of hydrogen-bond acceptors (Lipinski definition) is 3. The summed E-state index contributed by atoms with van der Waals surface area (Å²) in [4.78, 5) is 25.4. The number of carbonyl (C=O) groups excluding carboxylic acids is 1. The Bertz CT molecular complexity index is 521. The Morgan fingerprint density at radius 2 is 2.05 bits per heavy atom. The molecule has 0 bridgehead atoms. The molecule has 1 unspecified atom stereocenters. The Hall–Kier alpha value is -2.08. The highest BCUT2D eigenvalue weighted by Crippen LogP contribution is 2.21. The van der Waals surface area contributed by atoms with Crippen molar-refractivity contribution < 1.29 is 19.4 Å². The Morgan fingerprint density at radius 3 is 2.52 bits per heavy atom. The molecule has 0 saturated carbocycles. The average Bonchev–Trinajstić information content (AvgIpc) is 2.91. The fourth-order valence-electron chi connectivity index (χ4n) is 2.33. The third-order valence-electron chi connectivity index (χ3n) is 3.68. The zero-order valence-electron chi connectivity index (χ0n) is 12.3. The summed E-state index contributed by atoms with van der Waals surface area (Å²) in [6.45, 7) is 4.60. The van der Waals surface area contributed by atoms with Crippen LogP contribution in [-0.4, -0.2) is 42.4 Å². The first kappa shape index (κ1) is 15.3. The minimum atomic E-state index is -1.32. The maximum atomic E-state index is 12.4. The highest BCUT2D eigenvalue weighted by atomic mass is 16.5. The molecule has 0 aliphatic carbocycles. The van der Waals surface area contributed by atoms with Crippen molar-refractivity contribution in [3.8, 4) is 0 Å². The van der Waals surface area contributed by atoms with Gasteiger partial charge in [0.2, 0.25) is 0 Å². The fourth-order valence-corrected chi connectivity index (χ4v) is 2.33. The van der Waals surface area contributed by atoms with E-state index >= 15 is 0 Å². The SMILES string of the molecule is CCN(C(=O)NC1(C(=O)O)CCOC1)c1ccc(C)cc1. The van der Waals surface area contributed by atoms with Crippen molar-refractivity contribution in [3.63, 3.8) is 0 Å². The van der Waals surface area contributed by atoms with E-state index in [2.05, 4.69) is 5.32 Å².